The zero-order valence-corrected chi connectivity index (χ0v) is 12.1. The summed E-state index contributed by atoms with van der Waals surface area (Å²) in [6.07, 6.45) is 4.08. The van der Waals surface area contributed by atoms with E-state index in [-0.39, 0.29) is 0 Å². The standard InChI is InChI=1S/C16H23N3/c1-13-5-4-6-14(11-13)15(12-17-2)7-8-16-9-10-18-19(16)3/h4-6,9-11,15,17H,7-8,12H2,1-3H3. The monoisotopic (exact) mass is 257 g/mol. The average molecular weight is 257 g/mol. The van der Waals surface area contributed by atoms with E-state index in [9.17, 15) is 0 Å². The number of hydrogen-bond donors (Lipinski definition) is 1. The first-order valence-electron chi connectivity index (χ1n) is 6.88. The maximum atomic E-state index is 4.23. The van der Waals surface area contributed by atoms with Gasteiger partial charge in [-0.2, -0.15) is 5.10 Å². The van der Waals surface area contributed by atoms with Crippen LogP contribution < -0.4 is 5.32 Å². The molecule has 102 valence electrons. The molecule has 0 aliphatic carbocycles. The largest absolute Gasteiger partial charge is 0.319 e. The zero-order chi connectivity index (χ0) is 13.7. The third-order valence-electron chi connectivity index (χ3n) is 3.64. The molecule has 0 spiro atoms. The van der Waals surface area contributed by atoms with Gasteiger partial charge in [-0.15, -0.1) is 0 Å². The van der Waals surface area contributed by atoms with Crippen molar-refractivity contribution in [2.45, 2.75) is 25.7 Å². The van der Waals surface area contributed by atoms with Gasteiger partial charge in [0.15, 0.2) is 0 Å². The molecule has 19 heavy (non-hydrogen) atoms. The summed E-state index contributed by atoms with van der Waals surface area (Å²) < 4.78 is 1.96. The van der Waals surface area contributed by atoms with Crippen molar-refractivity contribution in [2.75, 3.05) is 13.6 Å². The summed E-state index contributed by atoms with van der Waals surface area (Å²) in [6.45, 7) is 3.17. The molecule has 0 saturated heterocycles. The highest BCUT2D eigenvalue weighted by atomic mass is 15.2. The fourth-order valence-electron chi connectivity index (χ4n) is 2.53. The van der Waals surface area contributed by atoms with E-state index < -0.39 is 0 Å². The van der Waals surface area contributed by atoms with Crippen LogP contribution in [-0.2, 0) is 13.5 Å². The first-order valence-corrected chi connectivity index (χ1v) is 6.88. The molecule has 0 radical (unpaired) electrons. The number of likely N-dealkylation sites (N-methyl/N-ethyl adjacent to an activating group) is 1. The molecule has 3 heteroatoms. The number of nitrogens with zero attached hydrogens (tertiary/aromatic N) is 2. The van der Waals surface area contributed by atoms with Gasteiger partial charge in [-0.1, -0.05) is 29.8 Å². The molecule has 1 aromatic heterocycles. The van der Waals surface area contributed by atoms with Gasteiger partial charge < -0.3 is 5.32 Å². The maximum Gasteiger partial charge on any atom is 0.0492 e. The molecule has 2 rings (SSSR count). The highest BCUT2D eigenvalue weighted by molar-refractivity contribution is 5.26. The number of hydrogen-bond acceptors (Lipinski definition) is 2. The molecule has 1 heterocycles. The SMILES string of the molecule is CNCC(CCc1ccnn1C)c1cccc(C)c1. The van der Waals surface area contributed by atoms with Crippen LogP contribution in [0.3, 0.4) is 0 Å². The van der Waals surface area contributed by atoms with Crippen LogP contribution in [0.25, 0.3) is 0 Å². The van der Waals surface area contributed by atoms with Gasteiger partial charge in [0, 0.05) is 25.5 Å². The van der Waals surface area contributed by atoms with E-state index in [0.717, 1.165) is 19.4 Å². The zero-order valence-electron chi connectivity index (χ0n) is 12.1. The van der Waals surface area contributed by atoms with Gasteiger partial charge in [0.05, 0.1) is 0 Å². The molecule has 2 aromatic rings. The van der Waals surface area contributed by atoms with Crippen molar-refractivity contribution in [3.8, 4) is 0 Å². The Bertz CT molecular complexity index is 516. The molecule has 1 aromatic carbocycles. The Kier molecular flexibility index (Phi) is 4.74. The van der Waals surface area contributed by atoms with Gasteiger partial charge in [0.1, 0.15) is 0 Å². The highest BCUT2D eigenvalue weighted by Gasteiger charge is 2.12. The Balaban J connectivity index is 2.06. The topological polar surface area (TPSA) is 29.9 Å². The average Bonchev–Trinajstić information content (AvgIpc) is 2.80. The molecular formula is C16H23N3. The number of aromatic nitrogens is 2. The van der Waals surface area contributed by atoms with Crippen LogP contribution in [0.1, 0.15) is 29.2 Å². The van der Waals surface area contributed by atoms with E-state index in [2.05, 4.69) is 47.7 Å². The van der Waals surface area contributed by atoms with E-state index in [4.69, 9.17) is 0 Å². The summed E-state index contributed by atoms with van der Waals surface area (Å²) in [6, 6.07) is 10.9. The fourth-order valence-corrected chi connectivity index (χ4v) is 2.53. The quantitative estimate of drug-likeness (QED) is 0.862. The maximum absolute atomic E-state index is 4.23. The van der Waals surface area contributed by atoms with Gasteiger partial charge in [-0.3, -0.25) is 4.68 Å². The Morgan fingerprint density at radius 3 is 2.79 bits per heavy atom. The van der Waals surface area contributed by atoms with Crippen molar-refractivity contribution in [1.82, 2.24) is 15.1 Å². The van der Waals surface area contributed by atoms with Crippen molar-refractivity contribution >= 4 is 0 Å². The molecule has 0 aliphatic rings. The Morgan fingerprint density at radius 1 is 1.32 bits per heavy atom. The lowest BCUT2D eigenvalue weighted by atomic mass is 9.92. The lowest BCUT2D eigenvalue weighted by molar-refractivity contribution is 0.567. The molecule has 1 N–H and O–H groups in total. The van der Waals surface area contributed by atoms with Crippen LogP contribution in [0.4, 0.5) is 0 Å². The van der Waals surface area contributed by atoms with Crippen LogP contribution in [0.5, 0.6) is 0 Å². The molecule has 0 aliphatic heterocycles. The van der Waals surface area contributed by atoms with Crippen molar-refractivity contribution < 1.29 is 0 Å². The molecular weight excluding hydrogens is 234 g/mol. The second-order valence-electron chi connectivity index (χ2n) is 5.15. The molecule has 0 amide bonds. The van der Waals surface area contributed by atoms with Gasteiger partial charge in [0.2, 0.25) is 0 Å². The molecule has 0 bridgehead atoms. The summed E-state index contributed by atoms with van der Waals surface area (Å²) in [5, 5.41) is 7.54. The van der Waals surface area contributed by atoms with Crippen molar-refractivity contribution in [1.29, 1.82) is 0 Å². The molecule has 0 fully saturated rings. The Hall–Kier alpha value is -1.61. The second kappa shape index (κ2) is 6.53. The van der Waals surface area contributed by atoms with Gasteiger partial charge in [0.25, 0.3) is 0 Å². The molecule has 3 nitrogen and oxygen atoms in total. The van der Waals surface area contributed by atoms with Gasteiger partial charge in [-0.25, -0.2) is 0 Å². The number of aryl methyl sites for hydroxylation is 3. The third kappa shape index (κ3) is 3.67. The molecule has 0 saturated carbocycles. The smallest absolute Gasteiger partial charge is 0.0492 e. The van der Waals surface area contributed by atoms with Crippen molar-refractivity contribution in [2.24, 2.45) is 7.05 Å². The summed E-state index contributed by atoms with van der Waals surface area (Å²) in [7, 11) is 4.03. The number of nitrogens with one attached hydrogen (secondary N) is 1. The van der Waals surface area contributed by atoms with E-state index in [0.29, 0.717) is 5.92 Å². The molecule has 1 unspecified atom stereocenters. The van der Waals surface area contributed by atoms with Crippen LogP contribution >= 0.6 is 0 Å². The minimum absolute atomic E-state index is 0.555. The van der Waals surface area contributed by atoms with E-state index in [1.165, 1.54) is 16.8 Å². The normalized spacial score (nSPS) is 12.6. The first kappa shape index (κ1) is 13.8. The minimum Gasteiger partial charge on any atom is -0.319 e. The summed E-state index contributed by atoms with van der Waals surface area (Å²) in [4.78, 5) is 0. The summed E-state index contributed by atoms with van der Waals surface area (Å²) in [5.74, 6) is 0.555. The highest BCUT2D eigenvalue weighted by Crippen LogP contribution is 2.22. The van der Waals surface area contributed by atoms with Crippen molar-refractivity contribution in [3.63, 3.8) is 0 Å². The van der Waals surface area contributed by atoms with E-state index in [1.54, 1.807) is 0 Å². The lowest BCUT2D eigenvalue weighted by Crippen LogP contribution is -2.18. The summed E-state index contributed by atoms with van der Waals surface area (Å²) >= 11 is 0. The van der Waals surface area contributed by atoms with Gasteiger partial charge in [-0.05, 0) is 44.4 Å². The van der Waals surface area contributed by atoms with Crippen LogP contribution in [0.15, 0.2) is 36.5 Å². The van der Waals surface area contributed by atoms with Crippen LogP contribution in [0, 0.1) is 6.92 Å². The van der Waals surface area contributed by atoms with E-state index >= 15 is 0 Å². The first-order chi connectivity index (χ1) is 9.20. The van der Waals surface area contributed by atoms with Crippen LogP contribution in [0.2, 0.25) is 0 Å². The predicted octanol–water partition coefficient (Wildman–Crippen LogP) is 2.66. The second-order valence-corrected chi connectivity index (χ2v) is 5.15. The van der Waals surface area contributed by atoms with Crippen LogP contribution in [-0.4, -0.2) is 23.4 Å². The fraction of sp³-hybridized carbons (Fsp3) is 0.438. The number of rotatable bonds is 6. The number of benzene rings is 1. The van der Waals surface area contributed by atoms with E-state index in [1.807, 2.05) is 25.0 Å². The lowest BCUT2D eigenvalue weighted by Gasteiger charge is -2.17. The Morgan fingerprint density at radius 2 is 2.16 bits per heavy atom. The van der Waals surface area contributed by atoms with Crippen molar-refractivity contribution in [3.05, 3.63) is 53.3 Å². The predicted molar refractivity (Wildman–Crippen MR) is 79.4 cm³/mol. The minimum atomic E-state index is 0.555. The molecule has 1 atom stereocenters. The van der Waals surface area contributed by atoms with Gasteiger partial charge >= 0.3 is 0 Å². The third-order valence-corrected chi connectivity index (χ3v) is 3.64. The Labute approximate surface area is 115 Å². The summed E-state index contributed by atoms with van der Waals surface area (Å²) in [5.41, 5.74) is 4.06.